The Balaban J connectivity index is 1.52. The molecule has 1 aliphatic rings. The van der Waals surface area contributed by atoms with Gasteiger partial charge in [0.1, 0.15) is 0 Å². The average Bonchev–Trinajstić information content (AvgIpc) is 3.31. The van der Waals surface area contributed by atoms with Gasteiger partial charge in [-0.15, -0.1) is 0 Å². The van der Waals surface area contributed by atoms with E-state index in [1.807, 2.05) is 61.3 Å². The lowest BCUT2D eigenvalue weighted by Crippen LogP contribution is -2.30. The maximum absolute atomic E-state index is 12.9. The maximum Gasteiger partial charge on any atom is 0.254 e. The molecule has 0 atom stereocenters. The Kier molecular flexibility index (Phi) is 4.69. The first-order valence-corrected chi connectivity index (χ1v) is 9.32. The summed E-state index contributed by atoms with van der Waals surface area (Å²) in [5.41, 5.74) is 5.22. The van der Waals surface area contributed by atoms with E-state index in [9.17, 15) is 9.59 Å². The molecular formula is C22H22N4O2. The second-order valence-corrected chi connectivity index (χ2v) is 7.35. The van der Waals surface area contributed by atoms with Gasteiger partial charge in [-0.2, -0.15) is 5.10 Å². The normalized spacial score (nSPS) is 13.1. The number of nitrogens with zero attached hydrogens (tertiary/aromatic N) is 2. The lowest BCUT2D eigenvalue weighted by Gasteiger charge is -2.16. The van der Waals surface area contributed by atoms with Crippen molar-refractivity contribution < 1.29 is 9.59 Å². The summed E-state index contributed by atoms with van der Waals surface area (Å²) in [6.07, 6.45) is 3.55. The number of hydrogen-bond donors (Lipinski definition) is 2. The number of H-pyrrole nitrogens is 1. The fraction of sp³-hybridized carbons (Fsp3) is 0.227. The molecule has 0 spiro atoms. The minimum Gasteiger partial charge on any atom is -0.350 e. The van der Waals surface area contributed by atoms with Gasteiger partial charge in [-0.3, -0.25) is 14.7 Å². The molecule has 6 heteroatoms. The Morgan fingerprint density at radius 1 is 1.21 bits per heavy atom. The number of nitrogens with one attached hydrogen (secondary N) is 2. The molecular weight excluding hydrogens is 352 g/mol. The van der Waals surface area contributed by atoms with E-state index in [0.717, 1.165) is 27.8 Å². The third-order valence-electron chi connectivity index (χ3n) is 4.80. The molecule has 1 aliphatic heterocycles. The Bertz CT molecular complexity index is 1020. The summed E-state index contributed by atoms with van der Waals surface area (Å²) in [5, 5.41) is 9.66. The van der Waals surface area contributed by atoms with Gasteiger partial charge in [-0.1, -0.05) is 24.3 Å². The van der Waals surface area contributed by atoms with Gasteiger partial charge in [-0.25, -0.2) is 0 Å². The van der Waals surface area contributed by atoms with Crippen molar-refractivity contribution in [3.8, 4) is 11.1 Å². The van der Waals surface area contributed by atoms with E-state index < -0.39 is 0 Å². The summed E-state index contributed by atoms with van der Waals surface area (Å²) in [7, 11) is 0. The van der Waals surface area contributed by atoms with E-state index >= 15 is 0 Å². The standard InChI is InChI=1S/C22H22N4O2/c1-14(2)25-21(27)17-5-3-4-15(8-17)12-26-13-18-7-6-16(9-20(18)22(26)28)19-10-23-24-11-19/h3-11,14H,12-13H2,1-2H3,(H,23,24)(H,25,27). The third-order valence-corrected chi connectivity index (χ3v) is 4.80. The Labute approximate surface area is 163 Å². The Morgan fingerprint density at radius 3 is 2.82 bits per heavy atom. The highest BCUT2D eigenvalue weighted by Crippen LogP contribution is 2.29. The zero-order valence-electron chi connectivity index (χ0n) is 15.9. The second kappa shape index (κ2) is 7.31. The van der Waals surface area contributed by atoms with Crippen LogP contribution in [-0.4, -0.2) is 33.0 Å². The van der Waals surface area contributed by atoms with Gasteiger partial charge < -0.3 is 10.2 Å². The molecule has 28 heavy (non-hydrogen) atoms. The lowest BCUT2D eigenvalue weighted by atomic mass is 10.0. The number of carbonyl (C=O) groups excluding carboxylic acids is 2. The van der Waals surface area contributed by atoms with Gasteiger partial charge in [0.2, 0.25) is 0 Å². The largest absolute Gasteiger partial charge is 0.350 e. The van der Waals surface area contributed by atoms with E-state index in [2.05, 4.69) is 15.5 Å². The number of amides is 2. The molecule has 0 aliphatic carbocycles. The van der Waals surface area contributed by atoms with E-state index in [1.165, 1.54) is 0 Å². The van der Waals surface area contributed by atoms with Gasteiger partial charge >= 0.3 is 0 Å². The third kappa shape index (κ3) is 3.53. The van der Waals surface area contributed by atoms with Crippen LogP contribution >= 0.6 is 0 Å². The van der Waals surface area contributed by atoms with Crippen LogP contribution in [0.25, 0.3) is 11.1 Å². The zero-order valence-corrected chi connectivity index (χ0v) is 15.9. The molecule has 3 aromatic rings. The molecule has 4 rings (SSSR count). The lowest BCUT2D eigenvalue weighted by molar-refractivity contribution is 0.0766. The van der Waals surface area contributed by atoms with E-state index in [0.29, 0.717) is 18.7 Å². The molecule has 0 saturated heterocycles. The van der Waals surface area contributed by atoms with Crippen molar-refractivity contribution in [3.05, 3.63) is 77.1 Å². The number of aromatic nitrogens is 2. The molecule has 2 amide bonds. The van der Waals surface area contributed by atoms with Crippen molar-refractivity contribution in [2.24, 2.45) is 0 Å². The van der Waals surface area contributed by atoms with Crippen LogP contribution in [0.15, 0.2) is 54.9 Å². The monoisotopic (exact) mass is 374 g/mol. The Morgan fingerprint density at radius 2 is 2.07 bits per heavy atom. The minimum atomic E-state index is -0.0994. The summed E-state index contributed by atoms with van der Waals surface area (Å²) in [4.78, 5) is 27.0. The highest BCUT2D eigenvalue weighted by Gasteiger charge is 2.27. The second-order valence-electron chi connectivity index (χ2n) is 7.35. The zero-order chi connectivity index (χ0) is 19.7. The highest BCUT2D eigenvalue weighted by molar-refractivity contribution is 5.99. The molecule has 2 aromatic carbocycles. The molecule has 1 aromatic heterocycles. The molecule has 0 saturated carbocycles. The summed E-state index contributed by atoms with van der Waals surface area (Å²) < 4.78 is 0. The fourth-order valence-electron chi connectivity index (χ4n) is 3.45. The number of rotatable bonds is 5. The van der Waals surface area contributed by atoms with Crippen molar-refractivity contribution in [1.29, 1.82) is 0 Å². The number of fused-ring (bicyclic) bond motifs is 1. The summed E-state index contributed by atoms with van der Waals surface area (Å²) in [6.45, 7) is 4.90. The van der Waals surface area contributed by atoms with Crippen LogP contribution in [0.4, 0.5) is 0 Å². The predicted molar refractivity (Wildman–Crippen MR) is 107 cm³/mol. The topological polar surface area (TPSA) is 78.1 Å². The first-order chi connectivity index (χ1) is 13.5. The summed E-state index contributed by atoms with van der Waals surface area (Å²) in [6, 6.07) is 13.5. The van der Waals surface area contributed by atoms with Crippen molar-refractivity contribution in [2.75, 3.05) is 0 Å². The van der Waals surface area contributed by atoms with Crippen molar-refractivity contribution in [2.45, 2.75) is 33.0 Å². The van der Waals surface area contributed by atoms with Crippen LogP contribution in [-0.2, 0) is 13.1 Å². The molecule has 0 unspecified atom stereocenters. The molecule has 6 nitrogen and oxygen atoms in total. The van der Waals surface area contributed by atoms with Gasteiger partial charge in [0.15, 0.2) is 0 Å². The maximum atomic E-state index is 12.9. The van der Waals surface area contributed by atoms with Crippen LogP contribution in [0, 0.1) is 0 Å². The predicted octanol–water partition coefficient (Wildman–Crippen LogP) is 3.37. The molecule has 0 bridgehead atoms. The van der Waals surface area contributed by atoms with Gasteiger partial charge in [0.25, 0.3) is 11.8 Å². The van der Waals surface area contributed by atoms with Gasteiger partial charge in [0.05, 0.1) is 6.20 Å². The number of carbonyl (C=O) groups is 2. The molecule has 142 valence electrons. The van der Waals surface area contributed by atoms with E-state index in [-0.39, 0.29) is 17.9 Å². The van der Waals surface area contributed by atoms with Crippen LogP contribution in [0.3, 0.4) is 0 Å². The summed E-state index contributed by atoms with van der Waals surface area (Å²) in [5.74, 6) is -0.0879. The van der Waals surface area contributed by atoms with Crippen LogP contribution in [0.5, 0.6) is 0 Å². The van der Waals surface area contributed by atoms with E-state index in [1.54, 1.807) is 12.3 Å². The number of aromatic amines is 1. The summed E-state index contributed by atoms with van der Waals surface area (Å²) >= 11 is 0. The van der Waals surface area contributed by atoms with Crippen molar-refractivity contribution in [1.82, 2.24) is 20.4 Å². The van der Waals surface area contributed by atoms with Crippen LogP contribution in [0.2, 0.25) is 0 Å². The minimum absolute atomic E-state index is 0.0115. The number of benzene rings is 2. The molecule has 0 radical (unpaired) electrons. The smallest absolute Gasteiger partial charge is 0.254 e. The van der Waals surface area contributed by atoms with E-state index in [4.69, 9.17) is 0 Å². The SMILES string of the molecule is CC(C)NC(=O)c1cccc(CN2Cc3ccc(-c4cn[nH]c4)cc3C2=O)c1. The van der Waals surface area contributed by atoms with Crippen molar-refractivity contribution >= 4 is 11.8 Å². The first-order valence-electron chi connectivity index (χ1n) is 9.32. The van der Waals surface area contributed by atoms with Crippen LogP contribution in [0.1, 0.15) is 45.7 Å². The fourth-order valence-corrected chi connectivity index (χ4v) is 3.45. The average molecular weight is 374 g/mol. The first kappa shape index (κ1) is 18.0. The van der Waals surface area contributed by atoms with Crippen LogP contribution < -0.4 is 5.32 Å². The molecule has 2 N–H and O–H groups in total. The molecule has 0 fully saturated rings. The quantitative estimate of drug-likeness (QED) is 0.719. The molecule has 2 heterocycles. The Hall–Kier alpha value is -3.41. The highest BCUT2D eigenvalue weighted by atomic mass is 16.2. The number of hydrogen-bond acceptors (Lipinski definition) is 3. The van der Waals surface area contributed by atoms with Gasteiger partial charge in [0, 0.05) is 42.0 Å². The van der Waals surface area contributed by atoms with Gasteiger partial charge in [-0.05, 0) is 48.7 Å². The van der Waals surface area contributed by atoms with Crippen molar-refractivity contribution in [3.63, 3.8) is 0 Å².